The number of halogens is 1. The molecule has 0 aliphatic heterocycles. The van der Waals surface area contributed by atoms with Gasteiger partial charge in [-0.15, -0.1) is 0 Å². The van der Waals surface area contributed by atoms with E-state index in [0.29, 0.717) is 0 Å². The van der Waals surface area contributed by atoms with Gasteiger partial charge in [-0.05, 0) is 26.7 Å². The molecule has 16 heavy (non-hydrogen) atoms. The molecule has 1 unspecified atom stereocenters. The quantitative estimate of drug-likeness (QED) is 0.433. The van der Waals surface area contributed by atoms with E-state index in [9.17, 15) is 9.82 Å². The molecule has 0 saturated heterocycles. The zero-order valence-corrected chi connectivity index (χ0v) is 12.2. The standard InChI is InChI=1S/C10H22BBrN2O2/c1-11(16)14(4)9(7-5-6-8-12)10(15)13(2)3/h9,16H,5-8H2,1-4H3. The smallest absolute Gasteiger partial charge is 0.376 e. The second kappa shape index (κ2) is 8.09. The van der Waals surface area contributed by atoms with Gasteiger partial charge in [0.1, 0.15) is 0 Å². The van der Waals surface area contributed by atoms with E-state index < -0.39 is 7.05 Å². The Labute approximate surface area is 107 Å². The number of hydrogen-bond acceptors (Lipinski definition) is 3. The van der Waals surface area contributed by atoms with Crippen molar-refractivity contribution in [1.29, 1.82) is 0 Å². The summed E-state index contributed by atoms with van der Waals surface area (Å²) in [6, 6.07) is -0.228. The fraction of sp³-hybridized carbons (Fsp3) is 0.900. The van der Waals surface area contributed by atoms with Crippen molar-refractivity contribution in [3.63, 3.8) is 0 Å². The van der Waals surface area contributed by atoms with Crippen molar-refractivity contribution in [2.45, 2.75) is 32.1 Å². The van der Waals surface area contributed by atoms with Gasteiger partial charge in [0, 0.05) is 19.4 Å². The summed E-state index contributed by atoms with van der Waals surface area (Å²) < 4.78 is 0. The molecular formula is C10H22BBrN2O2. The molecule has 0 aromatic carbocycles. The Bertz CT molecular complexity index is 215. The molecule has 0 rings (SSSR count). The van der Waals surface area contributed by atoms with E-state index in [1.54, 1.807) is 37.7 Å². The number of unbranched alkanes of at least 4 members (excludes halogenated alkanes) is 1. The topological polar surface area (TPSA) is 43.8 Å². The monoisotopic (exact) mass is 292 g/mol. The van der Waals surface area contributed by atoms with Crippen LogP contribution in [0.4, 0.5) is 0 Å². The minimum atomic E-state index is -0.599. The zero-order chi connectivity index (χ0) is 12.7. The van der Waals surface area contributed by atoms with E-state index in [-0.39, 0.29) is 11.9 Å². The number of hydrogen-bond donors (Lipinski definition) is 1. The van der Waals surface area contributed by atoms with Crippen LogP contribution in [-0.4, -0.2) is 60.2 Å². The van der Waals surface area contributed by atoms with Crippen molar-refractivity contribution < 1.29 is 9.82 Å². The molecule has 0 heterocycles. The summed E-state index contributed by atoms with van der Waals surface area (Å²) in [6.07, 6.45) is 2.81. The number of carbonyl (C=O) groups is 1. The van der Waals surface area contributed by atoms with Gasteiger partial charge >= 0.3 is 7.05 Å². The van der Waals surface area contributed by atoms with Crippen LogP contribution in [0.3, 0.4) is 0 Å². The summed E-state index contributed by atoms with van der Waals surface area (Å²) in [6.45, 7) is 1.68. The van der Waals surface area contributed by atoms with Gasteiger partial charge in [0.25, 0.3) is 0 Å². The first-order valence-electron chi connectivity index (χ1n) is 5.59. The molecule has 0 fully saturated rings. The molecule has 4 nitrogen and oxygen atoms in total. The van der Waals surface area contributed by atoms with Crippen molar-refractivity contribution in [3.8, 4) is 0 Å². The number of likely N-dealkylation sites (N-methyl/N-ethyl adjacent to an activating group) is 2. The molecule has 1 amide bonds. The highest BCUT2D eigenvalue weighted by Crippen LogP contribution is 2.11. The average molecular weight is 293 g/mol. The van der Waals surface area contributed by atoms with Gasteiger partial charge < -0.3 is 14.7 Å². The molecule has 0 radical (unpaired) electrons. The van der Waals surface area contributed by atoms with E-state index in [2.05, 4.69) is 15.9 Å². The molecule has 1 atom stereocenters. The summed E-state index contributed by atoms with van der Waals surface area (Å²) in [5, 5.41) is 10.5. The molecule has 0 aromatic heterocycles. The molecule has 1 N–H and O–H groups in total. The lowest BCUT2D eigenvalue weighted by Crippen LogP contribution is -2.50. The van der Waals surface area contributed by atoms with Crippen LogP contribution in [0.1, 0.15) is 19.3 Å². The average Bonchev–Trinajstić information content (AvgIpc) is 2.22. The second-order valence-corrected chi connectivity index (χ2v) is 5.02. The predicted octanol–water partition coefficient (Wildman–Crippen LogP) is 1.05. The van der Waals surface area contributed by atoms with Gasteiger partial charge in [-0.25, -0.2) is 0 Å². The number of alkyl halides is 1. The van der Waals surface area contributed by atoms with Crippen LogP contribution in [0.15, 0.2) is 0 Å². The molecule has 0 bridgehead atoms. The summed E-state index contributed by atoms with van der Waals surface area (Å²) in [5.41, 5.74) is 0. The highest BCUT2D eigenvalue weighted by molar-refractivity contribution is 9.09. The van der Waals surface area contributed by atoms with Gasteiger partial charge in [0.2, 0.25) is 5.91 Å². The normalized spacial score (nSPS) is 12.7. The van der Waals surface area contributed by atoms with Crippen LogP contribution in [0, 0.1) is 0 Å². The maximum absolute atomic E-state index is 11.9. The molecule has 6 heteroatoms. The third kappa shape index (κ3) is 5.32. The lowest BCUT2D eigenvalue weighted by atomic mass is 9.83. The predicted molar refractivity (Wildman–Crippen MR) is 71.7 cm³/mol. The van der Waals surface area contributed by atoms with Crippen LogP contribution in [-0.2, 0) is 4.79 Å². The minimum absolute atomic E-state index is 0.0537. The highest BCUT2D eigenvalue weighted by atomic mass is 79.9. The lowest BCUT2D eigenvalue weighted by molar-refractivity contribution is -0.133. The van der Waals surface area contributed by atoms with Crippen LogP contribution in [0.2, 0.25) is 6.82 Å². The lowest BCUT2D eigenvalue weighted by Gasteiger charge is -2.30. The number of nitrogens with zero attached hydrogens (tertiary/aromatic N) is 2. The van der Waals surface area contributed by atoms with Crippen molar-refractivity contribution in [2.24, 2.45) is 0 Å². The van der Waals surface area contributed by atoms with E-state index in [4.69, 9.17) is 0 Å². The Kier molecular flexibility index (Phi) is 8.06. The fourth-order valence-corrected chi connectivity index (χ4v) is 1.89. The van der Waals surface area contributed by atoms with Gasteiger partial charge in [-0.1, -0.05) is 22.4 Å². The Hall–Kier alpha value is -0.0651. The second-order valence-electron chi connectivity index (χ2n) is 4.23. The summed E-state index contributed by atoms with van der Waals surface area (Å²) >= 11 is 3.37. The summed E-state index contributed by atoms with van der Waals surface area (Å²) in [7, 11) is 4.67. The largest absolute Gasteiger partial charge is 0.437 e. The Morgan fingerprint density at radius 2 is 1.94 bits per heavy atom. The first-order valence-corrected chi connectivity index (χ1v) is 6.71. The molecule has 0 aliphatic rings. The maximum Gasteiger partial charge on any atom is 0.376 e. The van der Waals surface area contributed by atoms with Crippen molar-refractivity contribution >= 4 is 28.9 Å². The zero-order valence-electron chi connectivity index (χ0n) is 10.6. The Balaban J connectivity index is 4.44. The molecule has 0 aromatic rings. The van der Waals surface area contributed by atoms with Crippen molar-refractivity contribution in [1.82, 2.24) is 9.71 Å². The molecule has 0 saturated carbocycles. The fourth-order valence-electron chi connectivity index (χ4n) is 1.49. The number of rotatable bonds is 7. The van der Waals surface area contributed by atoms with E-state index in [1.165, 1.54) is 0 Å². The van der Waals surface area contributed by atoms with Gasteiger partial charge in [0.15, 0.2) is 0 Å². The minimum Gasteiger partial charge on any atom is -0.437 e. The van der Waals surface area contributed by atoms with Gasteiger partial charge in [-0.3, -0.25) is 4.79 Å². The summed E-state index contributed by atoms with van der Waals surface area (Å²) in [5.74, 6) is 0.0537. The van der Waals surface area contributed by atoms with E-state index >= 15 is 0 Å². The molecule has 94 valence electrons. The first kappa shape index (κ1) is 15.9. The van der Waals surface area contributed by atoms with E-state index in [1.807, 2.05) is 0 Å². The molecule has 0 spiro atoms. The summed E-state index contributed by atoms with van der Waals surface area (Å²) in [4.78, 5) is 15.2. The van der Waals surface area contributed by atoms with Crippen LogP contribution >= 0.6 is 15.9 Å². The van der Waals surface area contributed by atoms with Crippen molar-refractivity contribution in [3.05, 3.63) is 0 Å². The SMILES string of the molecule is CB(O)N(C)C(CCCCBr)C(=O)N(C)C. The third-order valence-electron chi connectivity index (χ3n) is 2.67. The van der Waals surface area contributed by atoms with Crippen LogP contribution < -0.4 is 0 Å². The Morgan fingerprint density at radius 1 is 1.38 bits per heavy atom. The van der Waals surface area contributed by atoms with Crippen LogP contribution in [0.5, 0.6) is 0 Å². The highest BCUT2D eigenvalue weighted by Gasteiger charge is 2.28. The van der Waals surface area contributed by atoms with Crippen molar-refractivity contribution in [2.75, 3.05) is 26.5 Å². The van der Waals surface area contributed by atoms with Gasteiger partial charge in [0.05, 0.1) is 6.04 Å². The third-order valence-corrected chi connectivity index (χ3v) is 3.23. The molecule has 0 aliphatic carbocycles. The van der Waals surface area contributed by atoms with E-state index in [0.717, 1.165) is 24.6 Å². The van der Waals surface area contributed by atoms with Crippen LogP contribution in [0.25, 0.3) is 0 Å². The molecular weight excluding hydrogens is 271 g/mol. The maximum atomic E-state index is 11.9. The van der Waals surface area contributed by atoms with Gasteiger partial charge in [-0.2, -0.15) is 0 Å². The number of amides is 1. The first-order chi connectivity index (χ1) is 7.41. The Morgan fingerprint density at radius 3 is 2.31 bits per heavy atom. The number of carbonyl (C=O) groups excluding carboxylic acids is 1.